The van der Waals surface area contributed by atoms with E-state index in [2.05, 4.69) is 0 Å². The Morgan fingerprint density at radius 1 is 0.778 bits per heavy atom. The van der Waals surface area contributed by atoms with Gasteiger partial charge < -0.3 is 1.43 Å². The molecule has 0 spiro atoms. The molecule has 0 aromatic heterocycles. The normalized spacial score (nSPS) is 40.3. The quantitative estimate of drug-likeness (QED) is 0.340. The maximum absolute atomic E-state index is 10.4. The van der Waals surface area contributed by atoms with Crippen molar-refractivity contribution in [2.75, 3.05) is 0 Å². The zero-order chi connectivity index (χ0) is 14.0. The first kappa shape index (κ1) is 23.7. The van der Waals surface area contributed by atoms with Crippen LogP contribution in [0.3, 0.4) is 0 Å². The van der Waals surface area contributed by atoms with Crippen LogP contribution in [0.15, 0.2) is 0 Å². The summed E-state index contributed by atoms with van der Waals surface area (Å²) in [6.07, 6.45) is 0. The second kappa shape index (κ2) is 10.3. The van der Waals surface area contributed by atoms with Crippen LogP contribution in [-0.2, 0) is 4.57 Å². The van der Waals surface area contributed by atoms with Crippen molar-refractivity contribution in [3.8, 4) is 0 Å². The molecule has 0 saturated heterocycles. The number of hydrogen-bond acceptors (Lipinski definition) is 1. The van der Waals surface area contributed by atoms with Crippen molar-refractivity contribution < 1.29 is 71.4 Å². The average molecular weight is 431 g/mol. The molecule has 1 aliphatic carbocycles. The van der Waals surface area contributed by atoms with Crippen molar-refractivity contribution >= 4 is 77.5 Å². The van der Waals surface area contributed by atoms with Crippen LogP contribution < -0.4 is 51.4 Å². The van der Waals surface area contributed by atoms with Gasteiger partial charge in [0.25, 0.3) is 0 Å². The van der Waals surface area contributed by atoms with E-state index >= 15 is 0 Å². The first-order valence-corrected chi connectivity index (χ1v) is 8.18. The molecule has 2 N–H and O–H groups in total. The molecule has 1 rings (SSSR count). The summed E-state index contributed by atoms with van der Waals surface area (Å²) in [5, 5.41) is -2.62. The fraction of sp³-hybridized carbons (Fsp3) is 1.00. The smallest absolute Gasteiger partial charge is 1.00 e. The molecule has 0 aromatic rings. The number of hydrogen-bond donors (Lipinski definition) is 2. The SMILES string of the molecule is ClC1C(Cl)C(Cl)C(Cl)C(Cl)C1Cl.O=P(O)(O)F.[H-].[K+]. The Morgan fingerprint density at radius 3 is 0.889 bits per heavy atom. The van der Waals surface area contributed by atoms with Crippen molar-refractivity contribution in [3.63, 3.8) is 0 Å². The Balaban J connectivity index is -0.000000320. The first-order chi connectivity index (χ1) is 7.46. The van der Waals surface area contributed by atoms with E-state index in [1.807, 2.05) is 0 Å². The molecule has 0 aromatic carbocycles. The monoisotopic (exact) mass is 428 g/mol. The fourth-order valence-electron chi connectivity index (χ4n) is 1.05. The third-order valence-electron chi connectivity index (χ3n) is 1.83. The molecule has 0 radical (unpaired) electrons. The van der Waals surface area contributed by atoms with Crippen LogP contribution in [0, 0.1) is 0 Å². The van der Waals surface area contributed by atoms with Crippen LogP contribution in [0.25, 0.3) is 0 Å². The van der Waals surface area contributed by atoms with E-state index in [1.165, 1.54) is 0 Å². The van der Waals surface area contributed by atoms with Gasteiger partial charge in [-0.1, -0.05) is 0 Å². The topological polar surface area (TPSA) is 57.5 Å². The Labute approximate surface area is 178 Å². The second-order valence-corrected chi connectivity index (χ2v) is 7.11. The summed E-state index contributed by atoms with van der Waals surface area (Å²) >= 11 is 35.3. The summed E-state index contributed by atoms with van der Waals surface area (Å²) in [4.78, 5) is 13.9. The minimum atomic E-state index is -5.14. The van der Waals surface area contributed by atoms with Gasteiger partial charge in [-0.25, -0.2) is 4.57 Å². The summed E-state index contributed by atoms with van der Waals surface area (Å²) in [7, 11) is -5.14. The van der Waals surface area contributed by atoms with Crippen LogP contribution >= 0.6 is 77.5 Å². The summed E-state index contributed by atoms with van der Waals surface area (Å²) in [5.41, 5.74) is 0. The molecule has 0 heterocycles. The first-order valence-electron chi connectivity index (χ1n) is 4.06. The molecule has 0 unspecified atom stereocenters. The van der Waals surface area contributed by atoms with Crippen LogP contribution in [0.2, 0.25) is 0 Å². The standard InChI is InChI=1S/C6H6Cl6.FH2O3P.K.H/c7-1-2(8)4(10)6(12)5(11)3(1)9;1-5(2,3)4;;/h1-6H;(H2,2,3,4);;/q;;+1;-1. The van der Waals surface area contributed by atoms with E-state index in [-0.39, 0.29) is 52.8 Å². The van der Waals surface area contributed by atoms with Crippen molar-refractivity contribution in [2.45, 2.75) is 32.3 Å². The zero-order valence-electron chi connectivity index (χ0n) is 9.86. The van der Waals surface area contributed by atoms with E-state index in [4.69, 9.17) is 84.0 Å². The third-order valence-corrected chi connectivity index (χ3v) is 5.86. The van der Waals surface area contributed by atoms with Crippen LogP contribution in [0.5, 0.6) is 0 Å². The molecule has 3 nitrogen and oxygen atoms in total. The molecule has 1 aliphatic rings. The predicted molar refractivity (Wildman–Crippen MR) is 72.1 cm³/mol. The van der Waals surface area contributed by atoms with Gasteiger partial charge in [0.2, 0.25) is 0 Å². The Kier molecular flexibility index (Phi) is 13.5. The minimum absolute atomic E-state index is 0. The van der Waals surface area contributed by atoms with Crippen LogP contribution in [-0.4, -0.2) is 42.0 Å². The van der Waals surface area contributed by atoms with Crippen molar-refractivity contribution in [3.05, 3.63) is 0 Å². The molecule has 12 heteroatoms. The molecule has 0 amide bonds. The molecule has 0 bridgehead atoms. The van der Waals surface area contributed by atoms with Crippen LogP contribution in [0.1, 0.15) is 1.43 Å². The van der Waals surface area contributed by atoms with Gasteiger partial charge in [0.1, 0.15) is 0 Å². The van der Waals surface area contributed by atoms with Crippen molar-refractivity contribution in [1.82, 2.24) is 0 Å². The Morgan fingerprint density at radius 2 is 0.833 bits per heavy atom. The molecule has 106 valence electrons. The van der Waals surface area contributed by atoms with Gasteiger partial charge >= 0.3 is 59.3 Å². The van der Waals surface area contributed by atoms with Gasteiger partial charge in [0, 0.05) is 0 Å². The summed E-state index contributed by atoms with van der Waals surface area (Å²) in [6.45, 7) is 0. The summed E-state index contributed by atoms with van der Waals surface area (Å²) < 4.78 is 19.0. The molecule has 1 fully saturated rings. The predicted octanol–water partition coefficient (Wildman–Crippen LogP) is 0.809. The largest absolute Gasteiger partial charge is 1.00 e. The molecule has 0 atom stereocenters. The zero-order valence-corrected chi connectivity index (χ0v) is 17.4. The number of rotatable bonds is 0. The van der Waals surface area contributed by atoms with E-state index in [0.29, 0.717) is 0 Å². The average Bonchev–Trinajstić information content (AvgIpc) is 2.18. The van der Waals surface area contributed by atoms with E-state index in [1.54, 1.807) is 0 Å². The Bertz CT molecular complexity index is 235. The second-order valence-electron chi connectivity index (χ2n) is 3.14. The van der Waals surface area contributed by atoms with Gasteiger partial charge in [-0.3, -0.25) is 9.79 Å². The molecule has 1 saturated carbocycles. The van der Waals surface area contributed by atoms with E-state index < -0.39 is 40.2 Å². The third kappa shape index (κ3) is 8.79. The minimum Gasteiger partial charge on any atom is -1.00 e. The van der Waals surface area contributed by atoms with E-state index in [9.17, 15) is 4.20 Å². The number of halogens is 7. The summed E-state index contributed by atoms with van der Waals surface area (Å²) in [6, 6.07) is 0. The molecule has 0 aliphatic heterocycles. The van der Waals surface area contributed by atoms with Gasteiger partial charge in [-0.05, 0) is 0 Å². The molecular weight excluding hydrogens is 422 g/mol. The van der Waals surface area contributed by atoms with Crippen molar-refractivity contribution in [2.24, 2.45) is 0 Å². The maximum Gasteiger partial charge on any atom is 1.00 e. The molecule has 18 heavy (non-hydrogen) atoms. The van der Waals surface area contributed by atoms with E-state index in [0.717, 1.165) is 0 Å². The van der Waals surface area contributed by atoms with Crippen LogP contribution in [0.4, 0.5) is 4.20 Å². The Hall–Kier alpha value is 3.46. The maximum atomic E-state index is 10.4. The van der Waals surface area contributed by atoms with Gasteiger partial charge in [-0.15, -0.1) is 73.8 Å². The van der Waals surface area contributed by atoms with Gasteiger partial charge in [-0.2, -0.15) is 0 Å². The fourth-order valence-corrected chi connectivity index (χ4v) is 3.38. The summed E-state index contributed by atoms with van der Waals surface area (Å²) in [5.74, 6) is 0. The van der Waals surface area contributed by atoms with Gasteiger partial charge in [0.15, 0.2) is 0 Å². The molecular formula is C6H9Cl6FKO3P. The number of alkyl halides is 6. The van der Waals surface area contributed by atoms with Crippen molar-refractivity contribution in [1.29, 1.82) is 0 Å². The van der Waals surface area contributed by atoms with Gasteiger partial charge in [0.05, 0.1) is 32.3 Å².